The first-order valence-electron chi connectivity index (χ1n) is 6.13. The van der Waals surface area contributed by atoms with Gasteiger partial charge in [0, 0.05) is 24.4 Å². The Kier molecular flexibility index (Phi) is 4.14. The number of nitrogens with zero attached hydrogens (tertiary/aromatic N) is 2. The Morgan fingerprint density at radius 1 is 1.58 bits per heavy atom. The van der Waals surface area contributed by atoms with Gasteiger partial charge in [0.15, 0.2) is 0 Å². The average Bonchev–Trinajstić information content (AvgIpc) is 2.93. The van der Waals surface area contributed by atoms with Crippen LogP contribution in [0.2, 0.25) is 0 Å². The smallest absolute Gasteiger partial charge is 0.324 e. The topological polar surface area (TPSA) is 75.4 Å². The lowest BCUT2D eigenvalue weighted by atomic mass is 10.2. The van der Waals surface area contributed by atoms with Gasteiger partial charge >= 0.3 is 6.03 Å². The van der Waals surface area contributed by atoms with Gasteiger partial charge in [-0.05, 0) is 20.8 Å². The highest BCUT2D eigenvalue weighted by molar-refractivity contribution is 7.99. The zero-order valence-corrected chi connectivity index (χ0v) is 12.0. The van der Waals surface area contributed by atoms with Crippen molar-refractivity contribution >= 4 is 23.7 Å². The zero-order valence-electron chi connectivity index (χ0n) is 11.2. The molecule has 7 heteroatoms. The van der Waals surface area contributed by atoms with Crippen molar-refractivity contribution in [2.45, 2.75) is 31.8 Å². The minimum Gasteiger partial charge on any atom is -0.361 e. The highest BCUT2D eigenvalue weighted by Gasteiger charge is 2.30. The van der Waals surface area contributed by atoms with Gasteiger partial charge in [0.25, 0.3) is 0 Å². The molecule has 1 aromatic heterocycles. The summed E-state index contributed by atoms with van der Waals surface area (Å²) in [6.45, 7) is 6.54. The van der Waals surface area contributed by atoms with Crippen LogP contribution in [0.25, 0.3) is 0 Å². The van der Waals surface area contributed by atoms with Crippen molar-refractivity contribution in [3.8, 4) is 0 Å². The predicted octanol–water partition coefficient (Wildman–Crippen LogP) is 1.46. The summed E-state index contributed by atoms with van der Waals surface area (Å²) in [6, 6.07) is -0.296. The van der Waals surface area contributed by atoms with Crippen molar-refractivity contribution in [3.63, 3.8) is 0 Å². The molecule has 1 atom stereocenters. The molecule has 6 nitrogen and oxygen atoms in total. The van der Waals surface area contributed by atoms with Crippen LogP contribution in [-0.4, -0.2) is 40.3 Å². The molecule has 2 heterocycles. The number of carbonyl (C=O) groups is 2. The molecule has 0 bridgehead atoms. The number of hydrogen-bond donors (Lipinski definition) is 1. The molecule has 1 unspecified atom stereocenters. The fraction of sp³-hybridized carbons (Fsp3) is 0.583. The number of aromatic nitrogens is 1. The Bertz CT molecular complexity index is 481. The monoisotopic (exact) mass is 283 g/mol. The summed E-state index contributed by atoms with van der Waals surface area (Å²) < 4.78 is 5.08. The highest BCUT2D eigenvalue weighted by Crippen LogP contribution is 2.24. The quantitative estimate of drug-likeness (QED) is 0.905. The summed E-state index contributed by atoms with van der Waals surface area (Å²) in [5, 5.41) is 6.24. The first-order valence-corrected chi connectivity index (χ1v) is 7.18. The van der Waals surface area contributed by atoms with E-state index in [2.05, 4.69) is 10.5 Å². The second-order valence-corrected chi connectivity index (χ2v) is 5.81. The van der Waals surface area contributed by atoms with Gasteiger partial charge in [-0.2, -0.15) is 0 Å². The van der Waals surface area contributed by atoms with E-state index in [1.54, 1.807) is 0 Å². The molecule has 0 aliphatic carbocycles. The molecule has 1 aromatic rings. The van der Waals surface area contributed by atoms with Crippen LogP contribution < -0.4 is 5.32 Å². The zero-order chi connectivity index (χ0) is 14.0. The van der Waals surface area contributed by atoms with E-state index in [1.807, 2.05) is 20.8 Å². The molecular formula is C12H17N3O3S. The van der Waals surface area contributed by atoms with Gasteiger partial charge < -0.3 is 9.84 Å². The lowest BCUT2D eigenvalue weighted by Gasteiger charge is -2.17. The standard InChI is InChI=1S/C12H17N3O3S/c1-7-10(8(2)18-14-7)6-19-9(3)11(16)15-5-4-13-12(15)17/h9H,4-6H2,1-3H3,(H,13,17). The molecule has 0 saturated carbocycles. The van der Waals surface area contributed by atoms with Crippen LogP contribution in [0.4, 0.5) is 4.79 Å². The Balaban J connectivity index is 1.92. The van der Waals surface area contributed by atoms with Gasteiger partial charge in [-0.3, -0.25) is 9.69 Å². The molecule has 3 amide bonds. The van der Waals surface area contributed by atoms with Gasteiger partial charge in [-0.25, -0.2) is 4.79 Å². The molecule has 1 aliphatic heterocycles. The van der Waals surface area contributed by atoms with Gasteiger partial charge in [0.05, 0.1) is 10.9 Å². The summed E-state index contributed by atoms with van der Waals surface area (Å²) in [5.74, 6) is 1.29. The van der Waals surface area contributed by atoms with Gasteiger partial charge in [-0.15, -0.1) is 11.8 Å². The number of rotatable bonds is 4. The molecule has 1 fully saturated rings. The van der Waals surface area contributed by atoms with E-state index in [1.165, 1.54) is 16.7 Å². The molecule has 0 aromatic carbocycles. The van der Waals surface area contributed by atoms with E-state index in [9.17, 15) is 9.59 Å². The van der Waals surface area contributed by atoms with Crippen LogP contribution >= 0.6 is 11.8 Å². The normalized spacial score (nSPS) is 16.6. The molecule has 0 radical (unpaired) electrons. The SMILES string of the molecule is Cc1noc(C)c1CSC(C)C(=O)N1CCNC1=O. The highest BCUT2D eigenvalue weighted by atomic mass is 32.2. The predicted molar refractivity (Wildman–Crippen MR) is 71.8 cm³/mol. The number of thioether (sulfide) groups is 1. The number of carbonyl (C=O) groups excluding carboxylic acids is 2. The van der Waals surface area contributed by atoms with E-state index in [-0.39, 0.29) is 17.2 Å². The third-order valence-electron chi connectivity index (χ3n) is 3.13. The lowest BCUT2D eigenvalue weighted by molar-refractivity contribution is -0.126. The second-order valence-electron chi connectivity index (χ2n) is 4.48. The van der Waals surface area contributed by atoms with E-state index in [0.717, 1.165) is 17.0 Å². The maximum Gasteiger partial charge on any atom is 0.324 e. The fourth-order valence-electron chi connectivity index (χ4n) is 1.89. The summed E-state index contributed by atoms with van der Waals surface area (Å²) in [7, 11) is 0. The van der Waals surface area contributed by atoms with Crippen LogP contribution in [0, 0.1) is 13.8 Å². The first kappa shape index (κ1) is 13.9. The molecule has 0 spiro atoms. The number of urea groups is 1. The molecule has 104 valence electrons. The van der Waals surface area contributed by atoms with Crippen LogP contribution in [0.1, 0.15) is 23.9 Å². The van der Waals surface area contributed by atoms with E-state index in [0.29, 0.717) is 18.8 Å². The van der Waals surface area contributed by atoms with Gasteiger partial charge in [-0.1, -0.05) is 5.16 Å². The average molecular weight is 283 g/mol. The van der Waals surface area contributed by atoms with Crippen molar-refractivity contribution in [2.24, 2.45) is 0 Å². The molecule has 1 N–H and O–H groups in total. The number of hydrogen-bond acceptors (Lipinski definition) is 5. The Hall–Kier alpha value is -1.50. The van der Waals surface area contributed by atoms with Gasteiger partial charge in [0.1, 0.15) is 5.76 Å². The van der Waals surface area contributed by atoms with E-state index in [4.69, 9.17) is 4.52 Å². The Morgan fingerprint density at radius 2 is 2.32 bits per heavy atom. The minimum atomic E-state index is -0.296. The van der Waals surface area contributed by atoms with Crippen molar-refractivity contribution in [1.82, 2.24) is 15.4 Å². The maximum atomic E-state index is 12.1. The Labute approximate surface area is 115 Å². The van der Waals surface area contributed by atoms with Crippen molar-refractivity contribution < 1.29 is 14.1 Å². The van der Waals surface area contributed by atoms with Crippen molar-refractivity contribution in [2.75, 3.05) is 13.1 Å². The number of imide groups is 1. The molecule has 2 rings (SSSR count). The van der Waals surface area contributed by atoms with E-state index >= 15 is 0 Å². The van der Waals surface area contributed by atoms with Crippen molar-refractivity contribution in [3.05, 3.63) is 17.0 Å². The Morgan fingerprint density at radius 3 is 2.84 bits per heavy atom. The van der Waals surface area contributed by atoms with Crippen molar-refractivity contribution in [1.29, 1.82) is 0 Å². The number of nitrogens with one attached hydrogen (secondary N) is 1. The largest absolute Gasteiger partial charge is 0.361 e. The second kappa shape index (κ2) is 5.64. The van der Waals surface area contributed by atoms with Gasteiger partial charge in [0.2, 0.25) is 5.91 Å². The summed E-state index contributed by atoms with van der Waals surface area (Å²) in [5.41, 5.74) is 1.87. The van der Waals surface area contributed by atoms with Crippen LogP contribution in [0.15, 0.2) is 4.52 Å². The van der Waals surface area contributed by atoms with Crippen LogP contribution in [0.5, 0.6) is 0 Å². The summed E-state index contributed by atoms with van der Waals surface area (Å²) in [6.07, 6.45) is 0. The molecular weight excluding hydrogens is 266 g/mol. The first-order chi connectivity index (χ1) is 9.00. The maximum absolute atomic E-state index is 12.1. The summed E-state index contributed by atoms with van der Waals surface area (Å²) >= 11 is 1.49. The fourth-order valence-corrected chi connectivity index (χ4v) is 2.99. The molecule has 1 aliphatic rings. The molecule has 1 saturated heterocycles. The number of aryl methyl sites for hydroxylation is 2. The third-order valence-corrected chi connectivity index (χ3v) is 4.29. The third kappa shape index (κ3) is 2.91. The lowest BCUT2D eigenvalue weighted by Crippen LogP contribution is -2.39. The summed E-state index contributed by atoms with van der Waals surface area (Å²) in [4.78, 5) is 24.8. The minimum absolute atomic E-state index is 0.147. The molecule has 19 heavy (non-hydrogen) atoms. The van der Waals surface area contributed by atoms with Crippen LogP contribution in [-0.2, 0) is 10.5 Å². The van der Waals surface area contributed by atoms with Crippen LogP contribution in [0.3, 0.4) is 0 Å². The number of amides is 3. The van der Waals surface area contributed by atoms with E-state index < -0.39 is 0 Å².